The second-order valence-corrected chi connectivity index (χ2v) is 5.42. The minimum Gasteiger partial charge on any atom is -0.278 e. The molecule has 0 aliphatic rings. The summed E-state index contributed by atoms with van der Waals surface area (Å²) in [5, 5.41) is 6.20. The summed E-state index contributed by atoms with van der Waals surface area (Å²) >= 11 is 0. The molecule has 0 radical (unpaired) electrons. The van der Waals surface area contributed by atoms with Gasteiger partial charge >= 0.3 is 18.5 Å². The smallest absolute Gasteiger partial charge is 0.278 e. The number of hydrogen-bond donors (Lipinski definition) is 0. The first-order valence-electron chi connectivity index (χ1n) is 6.99. The number of nitrogens with zero attached hydrogens (tertiary/aromatic N) is 3. The first kappa shape index (κ1) is 19.0. The second-order valence-electron chi connectivity index (χ2n) is 5.42. The number of rotatable bonds is 1. The molecule has 0 amide bonds. The number of halogens is 9. The third kappa shape index (κ3) is 3.55. The van der Waals surface area contributed by atoms with Gasteiger partial charge in [0, 0.05) is 6.20 Å². The van der Waals surface area contributed by atoms with Gasteiger partial charge in [-0.25, -0.2) is 0 Å². The highest BCUT2D eigenvalue weighted by Gasteiger charge is 2.39. The number of alkyl halides is 9. The highest BCUT2D eigenvalue weighted by atomic mass is 19.4. The van der Waals surface area contributed by atoms with E-state index in [1.54, 1.807) is 0 Å². The summed E-state index contributed by atoms with van der Waals surface area (Å²) < 4.78 is 117. The lowest BCUT2D eigenvalue weighted by atomic mass is 9.98. The van der Waals surface area contributed by atoms with Crippen LogP contribution in [0.2, 0.25) is 0 Å². The fraction of sp³-hybridized carbons (Fsp3) is 0.200. The maximum Gasteiger partial charge on any atom is 0.452 e. The predicted molar refractivity (Wildman–Crippen MR) is 73.4 cm³/mol. The number of hydrogen-bond acceptors (Lipinski definition) is 2. The molecule has 1 aromatic carbocycles. The lowest BCUT2D eigenvalue weighted by Gasteiger charge is -2.16. The summed E-state index contributed by atoms with van der Waals surface area (Å²) in [7, 11) is 0. The minimum atomic E-state index is -5.16. The average molecular weight is 399 g/mol. The summed E-state index contributed by atoms with van der Waals surface area (Å²) in [6.07, 6.45) is -14.4. The van der Waals surface area contributed by atoms with Gasteiger partial charge in [0.15, 0.2) is 5.65 Å². The number of fused-ring (bicyclic) bond motifs is 1. The summed E-state index contributed by atoms with van der Waals surface area (Å²) in [4.78, 5) is 0. The average Bonchev–Trinajstić information content (AvgIpc) is 2.95. The van der Waals surface area contributed by atoms with Crippen molar-refractivity contribution in [1.82, 2.24) is 14.6 Å². The Balaban J connectivity index is 2.24. The Morgan fingerprint density at radius 3 is 1.93 bits per heavy atom. The van der Waals surface area contributed by atoms with Crippen LogP contribution in [0.15, 0.2) is 36.5 Å². The highest BCUT2D eigenvalue weighted by Crippen LogP contribution is 2.41. The second kappa shape index (κ2) is 5.86. The van der Waals surface area contributed by atoms with E-state index in [1.807, 2.05) is 0 Å². The molecule has 2 aromatic heterocycles. The van der Waals surface area contributed by atoms with E-state index >= 15 is 0 Å². The van der Waals surface area contributed by atoms with E-state index in [-0.39, 0.29) is 17.3 Å². The molecule has 0 aliphatic carbocycles. The molecule has 0 saturated carbocycles. The third-order valence-electron chi connectivity index (χ3n) is 3.62. The van der Waals surface area contributed by atoms with Gasteiger partial charge in [0.1, 0.15) is 0 Å². The maximum absolute atomic E-state index is 13.2. The molecule has 0 bridgehead atoms. The first-order valence-corrected chi connectivity index (χ1v) is 6.99. The first-order chi connectivity index (χ1) is 12.3. The van der Waals surface area contributed by atoms with Crippen molar-refractivity contribution in [3.05, 3.63) is 53.5 Å². The van der Waals surface area contributed by atoms with Crippen LogP contribution in [0.25, 0.3) is 16.8 Å². The van der Waals surface area contributed by atoms with Gasteiger partial charge in [0.25, 0.3) is 0 Å². The van der Waals surface area contributed by atoms with Crippen LogP contribution >= 0.6 is 0 Å². The van der Waals surface area contributed by atoms with Gasteiger partial charge in [-0.1, -0.05) is 6.07 Å². The maximum atomic E-state index is 13.2. The standard InChI is InChI=1S/C15H6F9N3/c16-13(17,18)8-2-3-9(10(5-8)14(19,20)21)7-1-4-11-25-26-12(15(22,23)24)27(11)6-7/h1-6H. The minimum absolute atomic E-state index is 0.0869. The van der Waals surface area contributed by atoms with Crippen LogP contribution in [0.4, 0.5) is 39.5 Å². The molecule has 0 atom stereocenters. The van der Waals surface area contributed by atoms with Gasteiger partial charge in [0.05, 0.1) is 11.1 Å². The van der Waals surface area contributed by atoms with Crippen molar-refractivity contribution in [3.63, 3.8) is 0 Å². The fourth-order valence-corrected chi connectivity index (χ4v) is 2.45. The van der Waals surface area contributed by atoms with E-state index in [2.05, 4.69) is 10.2 Å². The summed E-state index contributed by atoms with van der Waals surface area (Å²) in [6.45, 7) is 0. The van der Waals surface area contributed by atoms with E-state index in [4.69, 9.17) is 0 Å². The Morgan fingerprint density at radius 1 is 0.704 bits per heavy atom. The molecule has 0 spiro atoms. The van der Waals surface area contributed by atoms with Crippen molar-refractivity contribution in [1.29, 1.82) is 0 Å². The summed E-state index contributed by atoms with van der Waals surface area (Å²) in [5.74, 6) is -1.47. The van der Waals surface area contributed by atoms with Crippen LogP contribution in [-0.4, -0.2) is 14.6 Å². The summed E-state index contributed by atoms with van der Waals surface area (Å²) in [6, 6.07) is 2.89. The topological polar surface area (TPSA) is 30.2 Å². The van der Waals surface area contributed by atoms with E-state index in [1.165, 1.54) is 0 Å². The van der Waals surface area contributed by atoms with Gasteiger partial charge in [-0.2, -0.15) is 39.5 Å². The largest absolute Gasteiger partial charge is 0.452 e. The van der Waals surface area contributed by atoms with Crippen LogP contribution in [0.5, 0.6) is 0 Å². The molecule has 3 aromatic rings. The van der Waals surface area contributed by atoms with Crippen LogP contribution in [0, 0.1) is 0 Å². The zero-order valence-corrected chi connectivity index (χ0v) is 12.7. The number of pyridine rings is 1. The van der Waals surface area contributed by atoms with Gasteiger partial charge in [-0.3, -0.25) is 4.40 Å². The molecule has 3 nitrogen and oxygen atoms in total. The quantitative estimate of drug-likeness (QED) is 0.510. The molecule has 3 rings (SSSR count). The van der Waals surface area contributed by atoms with Gasteiger partial charge < -0.3 is 0 Å². The number of aromatic nitrogens is 3. The normalized spacial score (nSPS) is 13.4. The molecular weight excluding hydrogens is 393 g/mol. The molecular formula is C15H6F9N3. The van der Waals surface area contributed by atoms with E-state index in [0.29, 0.717) is 22.7 Å². The van der Waals surface area contributed by atoms with Crippen molar-refractivity contribution < 1.29 is 39.5 Å². The summed E-state index contributed by atoms with van der Waals surface area (Å²) in [5.41, 5.74) is -4.53. The van der Waals surface area contributed by atoms with Crippen LogP contribution in [0.3, 0.4) is 0 Å². The zero-order chi connectivity index (χ0) is 20.2. The Kier molecular flexibility index (Phi) is 4.12. The van der Waals surface area contributed by atoms with Crippen LogP contribution in [-0.2, 0) is 18.5 Å². The molecule has 0 saturated heterocycles. The van der Waals surface area contributed by atoms with Crippen LogP contribution < -0.4 is 0 Å². The van der Waals surface area contributed by atoms with E-state index in [0.717, 1.165) is 12.1 Å². The molecule has 0 N–H and O–H groups in total. The lowest BCUT2D eigenvalue weighted by Crippen LogP contribution is -2.13. The van der Waals surface area contributed by atoms with Crippen molar-refractivity contribution >= 4 is 5.65 Å². The van der Waals surface area contributed by atoms with Gasteiger partial charge in [-0.15, -0.1) is 10.2 Å². The molecule has 2 heterocycles. The van der Waals surface area contributed by atoms with Crippen molar-refractivity contribution in [2.24, 2.45) is 0 Å². The monoisotopic (exact) mass is 399 g/mol. The predicted octanol–water partition coefficient (Wildman–Crippen LogP) is 5.45. The van der Waals surface area contributed by atoms with Gasteiger partial charge in [-0.05, 0) is 35.4 Å². The van der Waals surface area contributed by atoms with Crippen molar-refractivity contribution in [3.8, 4) is 11.1 Å². The molecule has 12 heteroatoms. The molecule has 0 aliphatic heterocycles. The van der Waals surface area contributed by atoms with Crippen molar-refractivity contribution in [2.75, 3.05) is 0 Å². The highest BCUT2D eigenvalue weighted by molar-refractivity contribution is 5.69. The van der Waals surface area contributed by atoms with Crippen molar-refractivity contribution in [2.45, 2.75) is 18.5 Å². The van der Waals surface area contributed by atoms with E-state index < -0.39 is 41.0 Å². The lowest BCUT2D eigenvalue weighted by molar-refractivity contribution is -0.146. The molecule has 27 heavy (non-hydrogen) atoms. The Bertz CT molecular complexity index is 996. The number of benzene rings is 1. The van der Waals surface area contributed by atoms with E-state index in [9.17, 15) is 39.5 Å². The SMILES string of the molecule is FC(F)(F)c1ccc(-c2ccc3nnc(C(F)(F)F)n3c2)c(C(F)(F)F)c1. The Labute approximate surface area is 144 Å². The van der Waals surface area contributed by atoms with Crippen LogP contribution in [0.1, 0.15) is 17.0 Å². The third-order valence-corrected chi connectivity index (χ3v) is 3.62. The Hall–Kier alpha value is -2.79. The molecule has 0 fully saturated rings. The molecule has 144 valence electrons. The fourth-order valence-electron chi connectivity index (χ4n) is 2.45. The zero-order valence-electron chi connectivity index (χ0n) is 12.7. The molecule has 0 unspecified atom stereocenters. The van der Waals surface area contributed by atoms with Gasteiger partial charge in [0.2, 0.25) is 5.82 Å². The Morgan fingerprint density at radius 2 is 1.37 bits per heavy atom.